The van der Waals surface area contributed by atoms with Gasteiger partial charge in [0.2, 0.25) is 5.91 Å². The number of para-hydroxylation sites is 1. The molecule has 0 fully saturated rings. The van der Waals surface area contributed by atoms with Crippen molar-refractivity contribution in [3.05, 3.63) is 29.6 Å². The lowest BCUT2D eigenvalue weighted by molar-refractivity contribution is -0.121. The summed E-state index contributed by atoms with van der Waals surface area (Å²) in [5.41, 5.74) is 6.16. The summed E-state index contributed by atoms with van der Waals surface area (Å²) in [6.07, 6.45) is 0.750. The van der Waals surface area contributed by atoms with Gasteiger partial charge in [-0.3, -0.25) is 4.79 Å². The second-order valence-electron chi connectivity index (χ2n) is 3.54. The fraction of sp³-hybridized carbons (Fsp3) is 0.417. The summed E-state index contributed by atoms with van der Waals surface area (Å²) in [4.78, 5) is 11.0. The van der Waals surface area contributed by atoms with E-state index >= 15 is 0 Å². The van der Waals surface area contributed by atoms with E-state index in [9.17, 15) is 9.18 Å². The molecule has 1 rings (SSSR count). The molecule has 0 spiro atoms. The molecule has 1 amide bonds. The lowest BCUT2D eigenvalue weighted by Crippen LogP contribution is -2.20. The minimum Gasteiger partial charge on any atom is -0.490 e. The monoisotopic (exact) mass is 240 g/mol. The van der Waals surface area contributed by atoms with Crippen LogP contribution in [-0.2, 0) is 11.2 Å². The molecule has 1 aromatic carbocycles. The number of halogens is 1. The zero-order chi connectivity index (χ0) is 12.7. The molecule has 0 unspecified atom stereocenters. The van der Waals surface area contributed by atoms with Crippen molar-refractivity contribution in [1.29, 1.82) is 0 Å². The molecule has 0 aliphatic rings. The SMILES string of the molecule is CNC(=O)CCOc1c(F)cccc1CCN. The van der Waals surface area contributed by atoms with Crippen LogP contribution >= 0.6 is 0 Å². The standard InChI is InChI=1S/C12H17FN2O2/c1-15-11(16)6-8-17-12-9(5-7-14)3-2-4-10(12)13/h2-4H,5-8,14H2,1H3,(H,15,16). The van der Waals surface area contributed by atoms with Gasteiger partial charge in [0.1, 0.15) is 0 Å². The van der Waals surface area contributed by atoms with Crippen LogP contribution in [0.15, 0.2) is 18.2 Å². The number of carbonyl (C=O) groups is 1. The molecule has 1 aromatic rings. The van der Waals surface area contributed by atoms with E-state index in [4.69, 9.17) is 10.5 Å². The van der Waals surface area contributed by atoms with Crippen molar-refractivity contribution in [3.8, 4) is 5.75 Å². The van der Waals surface area contributed by atoms with Gasteiger partial charge in [0.15, 0.2) is 11.6 Å². The summed E-state index contributed by atoms with van der Waals surface area (Å²) < 4.78 is 18.8. The Kier molecular flexibility index (Phi) is 5.42. The smallest absolute Gasteiger partial charge is 0.223 e. The highest BCUT2D eigenvalue weighted by atomic mass is 19.1. The quantitative estimate of drug-likeness (QED) is 0.774. The van der Waals surface area contributed by atoms with Gasteiger partial charge in [0.05, 0.1) is 13.0 Å². The van der Waals surface area contributed by atoms with Crippen molar-refractivity contribution in [2.45, 2.75) is 12.8 Å². The molecule has 0 heterocycles. The van der Waals surface area contributed by atoms with E-state index in [1.165, 1.54) is 6.07 Å². The van der Waals surface area contributed by atoms with Gasteiger partial charge in [-0.05, 0) is 24.6 Å². The maximum atomic E-state index is 13.5. The average Bonchev–Trinajstić information content (AvgIpc) is 2.32. The van der Waals surface area contributed by atoms with Crippen LogP contribution in [0.5, 0.6) is 5.75 Å². The molecule has 4 nitrogen and oxygen atoms in total. The summed E-state index contributed by atoms with van der Waals surface area (Å²) in [6.45, 7) is 0.577. The number of hydrogen-bond donors (Lipinski definition) is 2. The van der Waals surface area contributed by atoms with Crippen molar-refractivity contribution in [2.24, 2.45) is 5.73 Å². The third-order valence-corrected chi connectivity index (χ3v) is 2.32. The third kappa shape index (κ3) is 4.03. The van der Waals surface area contributed by atoms with Gasteiger partial charge in [-0.2, -0.15) is 0 Å². The largest absolute Gasteiger partial charge is 0.490 e. The first-order chi connectivity index (χ1) is 8.19. The highest BCUT2D eigenvalue weighted by Gasteiger charge is 2.09. The minimum absolute atomic E-state index is 0.137. The molecule has 0 atom stereocenters. The second kappa shape index (κ2) is 6.85. The maximum Gasteiger partial charge on any atom is 0.223 e. The first-order valence-electron chi connectivity index (χ1n) is 5.50. The Morgan fingerprint density at radius 3 is 2.94 bits per heavy atom. The Bertz CT molecular complexity index is 383. The highest BCUT2D eigenvalue weighted by Crippen LogP contribution is 2.23. The van der Waals surface area contributed by atoms with Gasteiger partial charge < -0.3 is 15.8 Å². The topological polar surface area (TPSA) is 64.3 Å². The minimum atomic E-state index is -0.423. The number of carbonyl (C=O) groups excluding carboxylic acids is 1. The molecule has 17 heavy (non-hydrogen) atoms. The first-order valence-corrected chi connectivity index (χ1v) is 5.50. The van der Waals surface area contributed by atoms with Gasteiger partial charge in [0, 0.05) is 7.05 Å². The first kappa shape index (κ1) is 13.4. The molecule has 0 bridgehead atoms. The molecule has 0 aliphatic carbocycles. The summed E-state index contributed by atoms with van der Waals surface area (Å²) in [5, 5.41) is 2.47. The summed E-state index contributed by atoms with van der Waals surface area (Å²) in [7, 11) is 1.55. The van der Waals surface area contributed by atoms with E-state index in [-0.39, 0.29) is 24.7 Å². The van der Waals surface area contributed by atoms with Crippen molar-refractivity contribution < 1.29 is 13.9 Å². The van der Waals surface area contributed by atoms with Crippen LogP contribution < -0.4 is 15.8 Å². The molecule has 0 saturated carbocycles. The molecule has 0 saturated heterocycles. The zero-order valence-corrected chi connectivity index (χ0v) is 9.83. The number of benzene rings is 1. The molecular formula is C12H17FN2O2. The number of ether oxygens (including phenoxy) is 1. The second-order valence-corrected chi connectivity index (χ2v) is 3.54. The molecule has 0 radical (unpaired) electrons. The Hall–Kier alpha value is -1.62. The fourth-order valence-corrected chi connectivity index (χ4v) is 1.44. The average molecular weight is 240 g/mol. The van der Waals surface area contributed by atoms with Crippen LogP contribution in [0.2, 0.25) is 0 Å². The molecule has 0 aliphatic heterocycles. The van der Waals surface area contributed by atoms with Crippen LogP contribution in [0, 0.1) is 5.82 Å². The Balaban J connectivity index is 2.65. The molecule has 3 N–H and O–H groups in total. The maximum absolute atomic E-state index is 13.5. The lowest BCUT2D eigenvalue weighted by atomic mass is 10.1. The van der Waals surface area contributed by atoms with Crippen LogP contribution in [0.25, 0.3) is 0 Å². The molecule has 94 valence electrons. The fourth-order valence-electron chi connectivity index (χ4n) is 1.44. The number of amides is 1. The number of nitrogens with one attached hydrogen (secondary N) is 1. The van der Waals surface area contributed by atoms with Crippen LogP contribution in [0.4, 0.5) is 4.39 Å². The zero-order valence-electron chi connectivity index (χ0n) is 9.83. The van der Waals surface area contributed by atoms with Crippen molar-refractivity contribution in [3.63, 3.8) is 0 Å². The van der Waals surface area contributed by atoms with E-state index in [0.717, 1.165) is 5.56 Å². The Morgan fingerprint density at radius 1 is 1.53 bits per heavy atom. The van der Waals surface area contributed by atoms with E-state index in [1.807, 2.05) is 0 Å². The van der Waals surface area contributed by atoms with E-state index in [0.29, 0.717) is 13.0 Å². The summed E-state index contributed by atoms with van der Waals surface area (Å²) in [6, 6.07) is 4.71. The van der Waals surface area contributed by atoms with Gasteiger partial charge in [-0.1, -0.05) is 12.1 Å². The molecular weight excluding hydrogens is 223 g/mol. The number of rotatable bonds is 6. The molecule has 5 heteroatoms. The Labute approximate surface area is 100.0 Å². The van der Waals surface area contributed by atoms with E-state index in [2.05, 4.69) is 5.32 Å². The van der Waals surface area contributed by atoms with Crippen LogP contribution in [-0.4, -0.2) is 26.1 Å². The summed E-state index contributed by atoms with van der Waals surface area (Å²) in [5.74, 6) is -0.364. The van der Waals surface area contributed by atoms with Crippen molar-refractivity contribution >= 4 is 5.91 Å². The highest BCUT2D eigenvalue weighted by molar-refractivity contribution is 5.75. The van der Waals surface area contributed by atoms with Crippen molar-refractivity contribution in [2.75, 3.05) is 20.2 Å². The molecule has 0 aromatic heterocycles. The predicted octanol–water partition coefficient (Wildman–Crippen LogP) is 0.842. The summed E-state index contributed by atoms with van der Waals surface area (Å²) >= 11 is 0. The lowest BCUT2D eigenvalue weighted by Gasteiger charge is -2.11. The van der Waals surface area contributed by atoms with Crippen molar-refractivity contribution in [1.82, 2.24) is 5.32 Å². The van der Waals surface area contributed by atoms with Gasteiger partial charge in [0.25, 0.3) is 0 Å². The predicted molar refractivity (Wildman–Crippen MR) is 63.3 cm³/mol. The Morgan fingerprint density at radius 2 is 2.29 bits per heavy atom. The van der Waals surface area contributed by atoms with Crippen LogP contribution in [0.3, 0.4) is 0 Å². The van der Waals surface area contributed by atoms with E-state index < -0.39 is 5.82 Å². The number of hydrogen-bond acceptors (Lipinski definition) is 3. The number of nitrogens with two attached hydrogens (primary N) is 1. The van der Waals surface area contributed by atoms with E-state index in [1.54, 1.807) is 19.2 Å². The van der Waals surface area contributed by atoms with Crippen LogP contribution in [0.1, 0.15) is 12.0 Å². The van der Waals surface area contributed by atoms with Gasteiger partial charge >= 0.3 is 0 Å². The van der Waals surface area contributed by atoms with Gasteiger partial charge in [-0.25, -0.2) is 4.39 Å². The third-order valence-electron chi connectivity index (χ3n) is 2.32. The van der Waals surface area contributed by atoms with Gasteiger partial charge in [-0.15, -0.1) is 0 Å². The normalized spacial score (nSPS) is 10.1.